The van der Waals surface area contributed by atoms with Crippen LogP contribution in [0.15, 0.2) is 60.7 Å². The number of carbonyl (C=O) groups excluding carboxylic acids is 1. The Morgan fingerprint density at radius 1 is 0.816 bits per heavy atom. The van der Waals surface area contributed by atoms with E-state index in [9.17, 15) is 14.7 Å². The van der Waals surface area contributed by atoms with E-state index in [1.807, 2.05) is 23.6 Å². The molecule has 0 amide bonds. The maximum Gasteiger partial charge on any atom is 0.347 e. The summed E-state index contributed by atoms with van der Waals surface area (Å²) < 4.78 is 23.9. The molecule has 0 bridgehead atoms. The first-order valence-electron chi connectivity index (χ1n) is 12.0. The number of carboxylic acid groups (broad SMARTS) is 1. The number of hydrogen-bond acceptors (Lipinski definition) is 6. The van der Waals surface area contributed by atoms with Crippen LogP contribution >= 0.6 is 0 Å². The van der Waals surface area contributed by atoms with Gasteiger partial charge >= 0.3 is 5.97 Å². The summed E-state index contributed by atoms with van der Waals surface area (Å²) in [6.45, 7) is 5.30. The molecule has 1 heterocycles. The van der Waals surface area contributed by atoms with Crippen molar-refractivity contribution in [1.29, 1.82) is 0 Å². The van der Waals surface area contributed by atoms with Gasteiger partial charge in [0.05, 0.1) is 32.4 Å². The maximum absolute atomic E-state index is 13.7. The van der Waals surface area contributed by atoms with Gasteiger partial charge in [-0.15, -0.1) is 0 Å². The van der Waals surface area contributed by atoms with Crippen molar-refractivity contribution in [3.8, 4) is 23.0 Å². The van der Waals surface area contributed by atoms with Gasteiger partial charge < -0.3 is 28.6 Å². The highest BCUT2D eigenvalue weighted by atomic mass is 16.5. The Kier molecular flexibility index (Phi) is 7.35. The van der Waals surface area contributed by atoms with E-state index >= 15 is 0 Å². The molecule has 0 aliphatic rings. The Hall–Kier alpha value is -4.46. The van der Waals surface area contributed by atoms with E-state index in [2.05, 4.69) is 0 Å². The summed E-state index contributed by atoms with van der Waals surface area (Å²) in [4.78, 5) is 25.4. The molecule has 0 fully saturated rings. The van der Waals surface area contributed by atoms with E-state index in [0.29, 0.717) is 40.7 Å². The van der Waals surface area contributed by atoms with E-state index in [4.69, 9.17) is 18.9 Å². The van der Waals surface area contributed by atoms with Gasteiger partial charge in [-0.2, -0.15) is 0 Å². The van der Waals surface area contributed by atoms with Crippen LogP contribution in [-0.2, 0) is 11.3 Å². The SMILES string of the molecule is COc1ccc(C(=O)c2c(C)n(Cc3cc(OC)cc(OC)c3)c3cc(OC(C)(C)C(=O)O)ccc23)cc1. The van der Waals surface area contributed by atoms with E-state index in [1.54, 1.807) is 69.9 Å². The smallest absolute Gasteiger partial charge is 0.347 e. The predicted octanol–water partition coefficient (Wildman–Crippen LogP) is 5.50. The lowest BCUT2D eigenvalue weighted by Gasteiger charge is -2.21. The third-order valence-corrected chi connectivity index (χ3v) is 6.52. The summed E-state index contributed by atoms with van der Waals surface area (Å²) in [6, 6.07) is 17.9. The fourth-order valence-corrected chi connectivity index (χ4v) is 4.38. The minimum Gasteiger partial charge on any atom is -0.497 e. The number of nitrogens with zero attached hydrogens (tertiary/aromatic N) is 1. The van der Waals surface area contributed by atoms with Crippen LogP contribution in [0.25, 0.3) is 10.9 Å². The van der Waals surface area contributed by atoms with Crippen LogP contribution < -0.4 is 18.9 Å². The number of hydrogen-bond donors (Lipinski definition) is 1. The molecule has 0 atom stereocenters. The highest BCUT2D eigenvalue weighted by Gasteiger charge is 2.30. The van der Waals surface area contributed by atoms with Gasteiger partial charge in [-0.1, -0.05) is 0 Å². The number of rotatable bonds is 10. The lowest BCUT2D eigenvalue weighted by atomic mass is 10.0. The van der Waals surface area contributed by atoms with Gasteiger partial charge in [0.2, 0.25) is 0 Å². The molecule has 8 heteroatoms. The molecule has 0 aliphatic carbocycles. The van der Waals surface area contributed by atoms with Crippen molar-refractivity contribution in [2.45, 2.75) is 32.9 Å². The molecular weight excluding hydrogens is 486 g/mol. The second-order valence-corrected chi connectivity index (χ2v) is 9.42. The zero-order valence-corrected chi connectivity index (χ0v) is 22.3. The van der Waals surface area contributed by atoms with Crippen molar-refractivity contribution in [2.24, 2.45) is 0 Å². The van der Waals surface area contributed by atoms with Crippen LogP contribution in [0, 0.1) is 6.92 Å². The lowest BCUT2D eigenvalue weighted by Crippen LogP contribution is -2.37. The van der Waals surface area contributed by atoms with Gasteiger partial charge in [0.25, 0.3) is 0 Å². The van der Waals surface area contributed by atoms with Crippen LogP contribution in [0.3, 0.4) is 0 Å². The van der Waals surface area contributed by atoms with E-state index in [0.717, 1.165) is 22.2 Å². The molecule has 0 saturated carbocycles. The fraction of sp³-hybridized carbons (Fsp3) is 0.267. The molecule has 3 aromatic carbocycles. The first-order valence-corrected chi connectivity index (χ1v) is 12.0. The summed E-state index contributed by atoms with van der Waals surface area (Å²) in [5.74, 6) is 1.14. The quantitative estimate of drug-likeness (QED) is 0.278. The summed E-state index contributed by atoms with van der Waals surface area (Å²) in [5, 5.41) is 10.3. The highest BCUT2D eigenvalue weighted by Crippen LogP contribution is 2.34. The molecule has 0 aliphatic heterocycles. The number of methoxy groups -OCH3 is 3. The molecule has 4 rings (SSSR count). The first kappa shape index (κ1) is 26.6. The van der Waals surface area contributed by atoms with Gasteiger partial charge in [-0.25, -0.2) is 4.79 Å². The zero-order chi connectivity index (χ0) is 27.6. The van der Waals surface area contributed by atoms with Crippen LogP contribution in [0.4, 0.5) is 0 Å². The van der Waals surface area contributed by atoms with Crippen LogP contribution in [0.2, 0.25) is 0 Å². The van der Waals surface area contributed by atoms with E-state index in [-0.39, 0.29) is 5.78 Å². The Bertz CT molecular complexity index is 1480. The third kappa shape index (κ3) is 5.16. The maximum atomic E-state index is 13.7. The minimum atomic E-state index is -1.43. The minimum absolute atomic E-state index is 0.128. The zero-order valence-electron chi connectivity index (χ0n) is 22.3. The van der Waals surface area contributed by atoms with Crippen LogP contribution in [-0.4, -0.2) is 48.4 Å². The number of fused-ring (bicyclic) bond motifs is 1. The third-order valence-electron chi connectivity index (χ3n) is 6.52. The van der Waals surface area contributed by atoms with E-state index in [1.165, 1.54) is 13.8 Å². The Morgan fingerprint density at radius 3 is 1.95 bits per heavy atom. The molecule has 0 unspecified atom stereocenters. The number of ketones is 1. The molecule has 4 aromatic rings. The molecule has 1 aromatic heterocycles. The second-order valence-electron chi connectivity index (χ2n) is 9.42. The number of aromatic nitrogens is 1. The normalized spacial score (nSPS) is 11.3. The van der Waals surface area contributed by atoms with Crippen LogP contribution in [0.5, 0.6) is 23.0 Å². The van der Waals surface area contributed by atoms with Gasteiger partial charge in [0.15, 0.2) is 11.4 Å². The van der Waals surface area contributed by atoms with Crippen molar-refractivity contribution in [3.05, 3.63) is 83.0 Å². The fourth-order valence-electron chi connectivity index (χ4n) is 4.38. The summed E-state index contributed by atoms with van der Waals surface area (Å²) in [6.07, 6.45) is 0. The number of aliphatic carboxylic acids is 1. The standard InChI is InChI=1S/C30H31NO7/c1-18-27(28(32)20-7-9-21(35-4)10-8-20)25-12-11-22(38-30(2,3)29(33)34)16-26(25)31(18)17-19-13-23(36-5)15-24(14-19)37-6/h7-16H,17H2,1-6H3,(H,33,34). The molecule has 198 valence electrons. The van der Waals surface area contributed by atoms with Crippen molar-refractivity contribution >= 4 is 22.7 Å². The Labute approximate surface area is 221 Å². The molecule has 0 spiro atoms. The molecular formula is C30H31NO7. The average molecular weight is 518 g/mol. The summed E-state index contributed by atoms with van der Waals surface area (Å²) in [5.41, 5.74) is 2.06. The largest absolute Gasteiger partial charge is 0.497 e. The molecule has 0 radical (unpaired) electrons. The monoisotopic (exact) mass is 517 g/mol. The molecule has 38 heavy (non-hydrogen) atoms. The average Bonchev–Trinajstić information content (AvgIpc) is 3.17. The van der Waals surface area contributed by atoms with Crippen molar-refractivity contribution in [1.82, 2.24) is 4.57 Å². The summed E-state index contributed by atoms with van der Waals surface area (Å²) in [7, 11) is 4.76. The first-order chi connectivity index (χ1) is 18.1. The van der Waals surface area contributed by atoms with Gasteiger partial charge in [0, 0.05) is 35.3 Å². The lowest BCUT2D eigenvalue weighted by molar-refractivity contribution is -0.152. The molecule has 0 saturated heterocycles. The highest BCUT2D eigenvalue weighted by molar-refractivity contribution is 6.17. The Balaban J connectivity index is 1.88. The van der Waals surface area contributed by atoms with Crippen molar-refractivity contribution in [2.75, 3.05) is 21.3 Å². The second kappa shape index (κ2) is 10.5. The number of carbonyl (C=O) groups is 2. The Morgan fingerprint density at radius 2 is 1.39 bits per heavy atom. The number of carboxylic acids is 1. The van der Waals surface area contributed by atoms with Crippen molar-refractivity contribution in [3.63, 3.8) is 0 Å². The predicted molar refractivity (Wildman–Crippen MR) is 144 cm³/mol. The topological polar surface area (TPSA) is 96.2 Å². The van der Waals surface area contributed by atoms with Gasteiger partial charge in [-0.3, -0.25) is 4.79 Å². The number of benzene rings is 3. The van der Waals surface area contributed by atoms with E-state index < -0.39 is 11.6 Å². The van der Waals surface area contributed by atoms with Gasteiger partial charge in [0.1, 0.15) is 23.0 Å². The summed E-state index contributed by atoms with van der Waals surface area (Å²) >= 11 is 0. The number of ether oxygens (including phenoxy) is 4. The molecule has 8 nitrogen and oxygen atoms in total. The van der Waals surface area contributed by atoms with Gasteiger partial charge in [-0.05, 0) is 74.9 Å². The molecule has 1 N–H and O–H groups in total. The van der Waals surface area contributed by atoms with Crippen molar-refractivity contribution < 1.29 is 33.6 Å². The van der Waals surface area contributed by atoms with Crippen LogP contribution in [0.1, 0.15) is 41.0 Å².